The van der Waals surface area contributed by atoms with Crippen LogP contribution in [0.1, 0.15) is 56.0 Å². The molecule has 0 radical (unpaired) electrons. The second-order valence-corrected chi connectivity index (χ2v) is 5.98. The third-order valence-electron chi connectivity index (χ3n) is 3.85. The minimum atomic E-state index is 0.134. The van der Waals surface area contributed by atoms with E-state index in [0.29, 0.717) is 12.5 Å². The average molecular weight is 301 g/mol. The van der Waals surface area contributed by atoms with Gasteiger partial charge in [-0.15, -0.1) is 0 Å². The largest absolute Gasteiger partial charge is 0.494 e. The van der Waals surface area contributed by atoms with Crippen molar-refractivity contribution in [3.63, 3.8) is 0 Å². The second-order valence-electron chi connectivity index (χ2n) is 5.98. The summed E-state index contributed by atoms with van der Waals surface area (Å²) in [4.78, 5) is 0. The molecule has 0 aliphatic rings. The Labute approximate surface area is 133 Å². The summed E-state index contributed by atoms with van der Waals surface area (Å²) in [6, 6.07) is 10.4. The molecule has 4 heteroatoms. The summed E-state index contributed by atoms with van der Waals surface area (Å²) in [5.41, 5.74) is 9.49. The van der Waals surface area contributed by atoms with Crippen molar-refractivity contribution in [2.24, 2.45) is 12.8 Å². The van der Waals surface area contributed by atoms with Gasteiger partial charge in [-0.25, -0.2) is 0 Å². The molecule has 1 heterocycles. The molecule has 0 bridgehead atoms. The van der Waals surface area contributed by atoms with Gasteiger partial charge in [-0.1, -0.05) is 32.9 Å². The zero-order valence-corrected chi connectivity index (χ0v) is 14.0. The number of hydrogen-bond acceptors (Lipinski definition) is 3. The molecule has 2 aromatic rings. The van der Waals surface area contributed by atoms with Gasteiger partial charge in [-0.2, -0.15) is 5.10 Å². The van der Waals surface area contributed by atoms with Crippen LogP contribution < -0.4 is 10.5 Å². The van der Waals surface area contributed by atoms with Gasteiger partial charge in [0.15, 0.2) is 0 Å². The highest BCUT2D eigenvalue weighted by molar-refractivity contribution is 5.36. The van der Waals surface area contributed by atoms with Crippen LogP contribution in [-0.2, 0) is 7.05 Å². The summed E-state index contributed by atoms with van der Waals surface area (Å²) in [5.74, 6) is 1.46. The molecule has 0 saturated carbocycles. The van der Waals surface area contributed by atoms with Gasteiger partial charge in [0.1, 0.15) is 5.75 Å². The molecule has 22 heavy (non-hydrogen) atoms. The Morgan fingerprint density at radius 2 is 2.05 bits per heavy atom. The van der Waals surface area contributed by atoms with Crippen LogP contribution in [0.3, 0.4) is 0 Å². The fourth-order valence-corrected chi connectivity index (χ4v) is 2.58. The van der Waals surface area contributed by atoms with Gasteiger partial charge in [0.25, 0.3) is 0 Å². The van der Waals surface area contributed by atoms with Crippen molar-refractivity contribution in [3.8, 4) is 5.75 Å². The van der Waals surface area contributed by atoms with Crippen LogP contribution in [0.4, 0.5) is 0 Å². The first kappa shape index (κ1) is 16.6. The average Bonchev–Trinajstić information content (AvgIpc) is 2.89. The highest BCUT2D eigenvalue weighted by Crippen LogP contribution is 2.28. The first-order chi connectivity index (χ1) is 10.6. The molecule has 2 rings (SSSR count). The molecule has 1 unspecified atom stereocenters. The van der Waals surface area contributed by atoms with E-state index in [0.717, 1.165) is 30.2 Å². The number of ether oxygens (including phenoxy) is 1. The van der Waals surface area contributed by atoms with Crippen molar-refractivity contribution in [3.05, 3.63) is 47.3 Å². The first-order valence-corrected chi connectivity index (χ1v) is 8.03. The molecule has 4 nitrogen and oxygen atoms in total. The van der Waals surface area contributed by atoms with E-state index < -0.39 is 0 Å². The SMILES string of the molecule is CCCOc1cccc(C(CN)c2cc(C(C)C)nn2C)c1. The summed E-state index contributed by atoms with van der Waals surface area (Å²) in [6.07, 6.45) is 1.00. The van der Waals surface area contributed by atoms with E-state index in [1.807, 2.05) is 23.9 Å². The Kier molecular flexibility index (Phi) is 5.61. The van der Waals surface area contributed by atoms with E-state index in [2.05, 4.69) is 44.1 Å². The lowest BCUT2D eigenvalue weighted by molar-refractivity contribution is 0.317. The molecule has 1 aromatic heterocycles. The predicted octanol–water partition coefficient (Wildman–Crippen LogP) is 3.42. The van der Waals surface area contributed by atoms with Gasteiger partial charge in [0.05, 0.1) is 12.3 Å². The van der Waals surface area contributed by atoms with Crippen molar-refractivity contribution >= 4 is 0 Å². The van der Waals surface area contributed by atoms with Crippen LogP contribution in [0.2, 0.25) is 0 Å². The van der Waals surface area contributed by atoms with Gasteiger partial charge in [0, 0.05) is 25.2 Å². The van der Waals surface area contributed by atoms with Crippen molar-refractivity contribution in [2.75, 3.05) is 13.2 Å². The van der Waals surface area contributed by atoms with E-state index in [1.54, 1.807) is 0 Å². The van der Waals surface area contributed by atoms with Crippen molar-refractivity contribution in [1.29, 1.82) is 0 Å². The topological polar surface area (TPSA) is 53.1 Å². The van der Waals surface area contributed by atoms with Crippen LogP contribution in [0, 0.1) is 0 Å². The minimum Gasteiger partial charge on any atom is -0.494 e. The van der Waals surface area contributed by atoms with Crippen LogP contribution in [0.5, 0.6) is 5.75 Å². The molecule has 0 amide bonds. The van der Waals surface area contributed by atoms with E-state index in [4.69, 9.17) is 10.5 Å². The smallest absolute Gasteiger partial charge is 0.119 e. The number of aromatic nitrogens is 2. The summed E-state index contributed by atoms with van der Waals surface area (Å²) in [7, 11) is 1.99. The van der Waals surface area contributed by atoms with Gasteiger partial charge in [-0.05, 0) is 36.1 Å². The van der Waals surface area contributed by atoms with Gasteiger partial charge in [-0.3, -0.25) is 4.68 Å². The molecule has 120 valence electrons. The molecular formula is C18H27N3O. The van der Waals surface area contributed by atoms with E-state index in [9.17, 15) is 0 Å². The Bertz CT molecular complexity index is 604. The van der Waals surface area contributed by atoms with Crippen LogP contribution in [0.25, 0.3) is 0 Å². The minimum absolute atomic E-state index is 0.134. The molecule has 1 aromatic carbocycles. The van der Waals surface area contributed by atoms with Gasteiger partial charge < -0.3 is 10.5 Å². The van der Waals surface area contributed by atoms with E-state index in [-0.39, 0.29) is 5.92 Å². The van der Waals surface area contributed by atoms with Crippen LogP contribution in [0.15, 0.2) is 30.3 Å². The lowest BCUT2D eigenvalue weighted by atomic mass is 9.94. The zero-order valence-electron chi connectivity index (χ0n) is 14.0. The summed E-state index contributed by atoms with van der Waals surface area (Å²) >= 11 is 0. The van der Waals surface area contributed by atoms with Crippen LogP contribution >= 0.6 is 0 Å². The van der Waals surface area contributed by atoms with Crippen molar-refractivity contribution < 1.29 is 4.74 Å². The number of hydrogen-bond donors (Lipinski definition) is 1. The number of nitrogens with zero attached hydrogens (tertiary/aromatic N) is 2. The normalized spacial score (nSPS) is 12.6. The highest BCUT2D eigenvalue weighted by atomic mass is 16.5. The third-order valence-corrected chi connectivity index (χ3v) is 3.85. The number of benzene rings is 1. The summed E-state index contributed by atoms with van der Waals surface area (Å²) in [5, 5.41) is 4.61. The van der Waals surface area contributed by atoms with Crippen molar-refractivity contribution in [2.45, 2.75) is 39.0 Å². The molecule has 2 N–H and O–H groups in total. The first-order valence-electron chi connectivity index (χ1n) is 8.03. The number of rotatable bonds is 7. The fraction of sp³-hybridized carbons (Fsp3) is 0.500. The summed E-state index contributed by atoms with van der Waals surface area (Å²) in [6.45, 7) is 7.70. The summed E-state index contributed by atoms with van der Waals surface area (Å²) < 4.78 is 7.69. The van der Waals surface area contributed by atoms with Crippen molar-refractivity contribution in [1.82, 2.24) is 9.78 Å². The fourth-order valence-electron chi connectivity index (χ4n) is 2.58. The molecule has 0 aliphatic carbocycles. The standard InChI is InChI=1S/C18H27N3O/c1-5-9-22-15-8-6-7-14(10-15)16(12-19)18-11-17(13(2)3)20-21(18)4/h6-8,10-11,13,16H,5,9,12,19H2,1-4H3. The maximum atomic E-state index is 6.06. The predicted molar refractivity (Wildman–Crippen MR) is 90.4 cm³/mol. The highest BCUT2D eigenvalue weighted by Gasteiger charge is 2.19. The molecule has 0 spiro atoms. The maximum absolute atomic E-state index is 6.06. The van der Waals surface area contributed by atoms with Gasteiger partial charge >= 0.3 is 0 Å². The Hall–Kier alpha value is -1.81. The van der Waals surface area contributed by atoms with Crippen LogP contribution in [-0.4, -0.2) is 22.9 Å². The van der Waals surface area contributed by atoms with E-state index >= 15 is 0 Å². The Morgan fingerprint density at radius 1 is 1.27 bits per heavy atom. The third kappa shape index (κ3) is 3.69. The number of nitrogens with two attached hydrogens (primary N) is 1. The molecule has 0 saturated heterocycles. The maximum Gasteiger partial charge on any atom is 0.119 e. The Balaban J connectivity index is 2.31. The zero-order chi connectivity index (χ0) is 16.1. The lowest BCUT2D eigenvalue weighted by Crippen LogP contribution is -2.17. The lowest BCUT2D eigenvalue weighted by Gasteiger charge is -2.16. The second kappa shape index (κ2) is 7.45. The quantitative estimate of drug-likeness (QED) is 0.852. The molecular weight excluding hydrogens is 274 g/mol. The monoisotopic (exact) mass is 301 g/mol. The molecule has 0 fully saturated rings. The number of aryl methyl sites for hydroxylation is 1. The molecule has 1 atom stereocenters. The van der Waals surface area contributed by atoms with E-state index in [1.165, 1.54) is 5.56 Å². The Morgan fingerprint density at radius 3 is 2.64 bits per heavy atom. The molecule has 0 aliphatic heterocycles. The van der Waals surface area contributed by atoms with Gasteiger partial charge in [0.2, 0.25) is 0 Å².